The number of rotatable bonds is 6. The molecule has 1 fully saturated rings. The van der Waals surface area contributed by atoms with Gasteiger partial charge in [-0.3, -0.25) is 0 Å². The summed E-state index contributed by atoms with van der Waals surface area (Å²) in [5.41, 5.74) is 6.54. The Kier molecular flexibility index (Phi) is 5.46. The number of nitrogens with two attached hydrogens (primary N) is 1. The SMILES string of the molecule is CCC1(CNS(=O)(=O)c2cc(CN)ccc2Br)CCCC1. The Morgan fingerprint density at radius 2 is 2.00 bits per heavy atom. The number of sulfonamides is 1. The molecular formula is C15H23BrN2O2S. The molecule has 0 bridgehead atoms. The molecule has 0 radical (unpaired) electrons. The fourth-order valence-corrected chi connectivity index (χ4v) is 5.16. The highest BCUT2D eigenvalue weighted by Crippen LogP contribution is 2.40. The van der Waals surface area contributed by atoms with Gasteiger partial charge < -0.3 is 5.73 Å². The van der Waals surface area contributed by atoms with Gasteiger partial charge in [-0.1, -0.05) is 25.8 Å². The van der Waals surface area contributed by atoms with Crippen LogP contribution in [-0.4, -0.2) is 15.0 Å². The summed E-state index contributed by atoms with van der Waals surface area (Å²) in [5, 5.41) is 0. The van der Waals surface area contributed by atoms with Crippen LogP contribution in [0.3, 0.4) is 0 Å². The van der Waals surface area contributed by atoms with Gasteiger partial charge in [0.15, 0.2) is 0 Å². The van der Waals surface area contributed by atoms with E-state index < -0.39 is 10.0 Å². The summed E-state index contributed by atoms with van der Waals surface area (Å²) in [4.78, 5) is 0.273. The van der Waals surface area contributed by atoms with Crippen LogP contribution in [0.1, 0.15) is 44.6 Å². The van der Waals surface area contributed by atoms with Gasteiger partial charge in [-0.05, 0) is 58.3 Å². The van der Waals surface area contributed by atoms with Crippen molar-refractivity contribution in [3.8, 4) is 0 Å². The van der Waals surface area contributed by atoms with Crippen molar-refractivity contribution in [2.75, 3.05) is 6.54 Å². The van der Waals surface area contributed by atoms with Crippen LogP contribution in [0.15, 0.2) is 27.6 Å². The van der Waals surface area contributed by atoms with Crippen molar-refractivity contribution in [1.29, 1.82) is 0 Å². The summed E-state index contributed by atoms with van der Waals surface area (Å²) >= 11 is 3.32. The fraction of sp³-hybridized carbons (Fsp3) is 0.600. The maximum absolute atomic E-state index is 12.6. The lowest BCUT2D eigenvalue weighted by Crippen LogP contribution is -2.35. The van der Waals surface area contributed by atoms with E-state index in [0.717, 1.165) is 24.8 Å². The first-order chi connectivity index (χ1) is 9.92. The first kappa shape index (κ1) is 16.9. The average Bonchev–Trinajstić information content (AvgIpc) is 2.95. The Balaban J connectivity index is 2.18. The van der Waals surface area contributed by atoms with Crippen LogP contribution in [0, 0.1) is 5.41 Å². The van der Waals surface area contributed by atoms with Crippen LogP contribution in [0.2, 0.25) is 0 Å². The molecule has 0 spiro atoms. The first-order valence-corrected chi connectivity index (χ1v) is 9.68. The van der Waals surface area contributed by atoms with E-state index in [9.17, 15) is 8.42 Å². The summed E-state index contributed by atoms with van der Waals surface area (Å²) in [6.07, 6.45) is 5.62. The molecule has 1 aromatic rings. The van der Waals surface area contributed by atoms with Crippen LogP contribution in [0.5, 0.6) is 0 Å². The van der Waals surface area contributed by atoms with Crippen molar-refractivity contribution in [1.82, 2.24) is 4.72 Å². The minimum atomic E-state index is -3.51. The number of hydrogen-bond acceptors (Lipinski definition) is 3. The maximum Gasteiger partial charge on any atom is 0.241 e. The highest BCUT2D eigenvalue weighted by molar-refractivity contribution is 9.10. The molecule has 3 N–H and O–H groups in total. The van der Waals surface area contributed by atoms with Crippen LogP contribution in [0.4, 0.5) is 0 Å². The Morgan fingerprint density at radius 1 is 1.33 bits per heavy atom. The molecule has 1 aromatic carbocycles. The minimum absolute atomic E-state index is 0.130. The quantitative estimate of drug-likeness (QED) is 0.802. The predicted molar refractivity (Wildman–Crippen MR) is 88.4 cm³/mol. The molecule has 1 aliphatic rings. The molecule has 0 heterocycles. The zero-order valence-electron chi connectivity index (χ0n) is 12.4. The largest absolute Gasteiger partial charge is 0.326 e. The average molecular weight is 375 g/mol. The van der Waals surface area contributed by atoms with Gasteiger partial charge in [-0.2, -0.15) is 0 Å². The van der Waals surface area contributed by atoms with Crippen molar-refractivity contribution in [2.24, 2.45) is 11.1 Å². The van der Waals surface area contributed by atoms with E-state index in [-0.39, 0.29) is 10.3 Å². The summed E-state index contributed by atoms with van der Waals surface area (Å²) in [5.74, 6) is 0. The molecule has 0 aromatic heterocycles. The van der Waals surface area contributed by atoms with Crippen LogP contribution in [-0.2, 0) is 16.6 Å². The van der Waals surface area contributed by atoms with Crippen molar-refractivity contribution >= 4 is 26.0 Å². The van der Waals surface area contributed by atoms with E-state index in [1.807, 2.05) is 6.07 Å². The standard InChI is InChI=1S/C15H23BrN2O2S/c1-2-15(7-3-4-8-15)11-18-21(19,20)14-9-12(10-17)5-6-13(14)16/h5-6,9,18H,2-4,7-8,10-11,17H2,1H3. The second kappa shape index (κ2) is 6.77. The third-order valence-electron chi connectivity index (χ3n) is 4.57. The number of hydrogen-bond donors (Lipinski definition) is 2. The van der Waals surface area contributed by atoms with Crippen LogP contribution in [0.25, 0.3) is 0 Å². The molecule has 0 unspecified atom stereocenters. The molecule has 21 heavy (non-hydrogen) atoms. The highest BCUT2D eigenvalue weighted by Gasteiger charge is 2.33. The summed E-state index contributed by atoms with van der Waals surface area (Å²) in [7, 11) is -3.51. The second-order valence-corrected chi connectivity index (χ2v) is 8.44. The number of nitrogens with one attached hydrogen (secondary N) is 1. The van der Waals surface area contributed by atoms with Gasteiger partial charge in [0, 0.05) is 17.6 Å². The highest BCUT2D eigenvalue weighted by atomic mass is 79.9. The Bertz CT molecular complexity index is 596. The zero-order chi connectivity index (χ0) is 15.5. The minimum Gasteiger partial charge on any atom is -0.326 e. The van der Waals surface area contributed by atoms with E-state index in [2.05, 4.69) is 27.6 Å². The third kappa shape index (κ3) is 3.86. The van der Waals surface area contributed by atoms with Gasteiger partial charge in [0.25, 0.3) is 0 Å². The molecule has 0 saturated heterocycles. The number of halogens is 1. The summed E-state index contributed by atoms with van der Waals surface area (Å²) < 4.78 is 28.5. The van der Waals surface area contributed by atoms with Gasteiger partial charge in [0.1, 0.15) is 0 Å². The van der Waals surface area contributed by atoms with Crippen molar-refractivity contribution in [3.63, 3.8) is 0 Å². The molecule has 0 aliphatic heterocycles. The van der Waals surface area contributed by atoms with Gasteiger partial charge in [0.2, 0.25) is 10.0 Å². The molecule has 4 nitrogen and oxygen atoms in total. The van der Waals surface area contributed by atoms with Crippen LogP contribution >= 0.6 is 15.9 Å². The summed E-state index contributed by atoms with van der Waals surface area (Å²) in [6.45, 7) is 2.99. The lowest BCUT2D eigenvalue weighted by atomic mass is 9.84. The Labute approximate surface area is 135 Å². The fourth-order valence-electron chi connectivity index (χ4n) is 2.99. The molecular weight excluding hydrogens is 352 g/mol. The van der Waals surface area contributed by atoms with E-state index in [1.165, 1.54) is 12.8 Å². The van der Waals surface area contributed by atoms with E-state index in [1.54, 1.807) is 12.1 Å². The Hall–Kier alpha value is -0.430. The van der Waals surface area contributed by atoms with Gasteiger partial charge in [-0.25, -0.2) is 13.1 Å². The lowest BCUT2D eigenvalue weighted by molar-refractivity contribution is 0.285. The first-order valence-electron chi connectivity index (χ1n) is 7.41. The molecule has 118 valence electrons. The van der Waals surface area contributed by atoms with Crippen LogP contribution < -0.4 is 10.5 Å². The molecule has 0 atom stereocenters. The monoisotopic (exact) mass is 374 g/mol. The topological polar surface area (TPSA) is 72.2 Å². The Morgan fingerprint density at radius 3 is 2.57 bits per heavy atom. The zero-order valence-corrected chi connectivity index (χ0v) is 14.8. The number of benzene rings is 1. The maximum atomic E-state index is 12.6. The van der Waals surface area contributed by atoms with E-state index in [4.69, 9.17) is 5.73 Å². The van der Waals surface area contributed by atoms with Crippen molar-refractivity contribution in [3.05, 3.63) is 28.2 Å². The normalized spacial score (nSPS) is 18.0. The van der Waals surface area contributed by atoms with Gasteiger partial charge in [-0.15, -0.1) is 0 Å². The van der Waals surface area contributed by atoms with Crippen molar-refractivity contribution < 1.29 is 8.42 Å². The molecule has 1 aliphatic carbocycles. The molecule has 6 heteroatoms. The van der Waals surface area contributed by atoms with Gasteiger partial charge in [0.05, 0.1) is 4.90 Å². The molecule has 1 saturated carbocycles. The summed E-state index contributed by atoms with van der Waals surface area (Å²) in [6, 6.07) is 5.20. The van der Waals surface area contributed by atoms with E-state index in [0.29, 0.717) is 17.6 Å². The molecule has 0 amide bonds. The lowest BCUT2D eigenvalue weighted by Gasteiger charge is -2.27. The smallest absolute Gasteiger partial charge is 0.241 e. The van der Waals surface area contributed by atoms with Gasteiger partial charge >= 0.3 is 0 Å². The predicted octanol–water partition coefficient (Wildman–Crippen LogP) is 3.16. The second-order valence-electron chi connectivity index (χ2n) is 5.85. The molecule has 2 rings (SSSR count). The van der Waals surface area contributed by atoms with E-state index >= 15 is 0 Å². The van der Waals surface area contributed by atoms with Crippen molar-refractivity contribution in [2.45, 2.75) is 50.5 Å². The third-order valence-corrected chi connectivity index (χ3v) is 6.97.